The number of rotatable bonds is 13. The number of nitrogens with zero attached hydrogens (tertiary/aromatic N) is 4. The second kappa shape index (κ2) is 14.8. The molecule has 4 aliphatic heterocycles. The molecule has 0 aliphatic carbocycles. The van der Waals surface area contributed by atoms with Gasteiger partial charge in [-0.15, -0.1) is 23.1 Å². The third-order valence-electron chi connectivity index (χ3n) is 10.2. The number of aliphatic carboxylic acids is 1. The molecule has 0 spiro atoms. The van der Waals surface area contributed by atoms with Gasteiger partial charge in [0.05, 0.1) is 46.0 Å². The van der Waals surface area contributed by atoms with E-state index in [1.54, 1.807) is 10.6 Å². The first-order valence-electron chi connectivity index (χ1n) is 17.3. The number of ketones is 1. The zero-order chi connectivity index (χ0) is 38.7. The van der Waals surface area contributed by atoms with Crippen molar-refractivity contribution in [3.05, 3.63) is 89.5 Å². The van der Waals surface area contributed by atoms with Crippen molar-refractivity contribution in [2.24, 2.45) is 5.92 Å². The molecule has 3 atom stereocenters. The summed E-state index contributed by atoms with van der Waals surface area (Å²) in [6.45, 7) is 3.40. The number of carbonyl (C=O) groups excluding carboxylic acids is 2. The van der Waals surface area contributed by atoms with Gasteiger partial charge in [0.15, 0.2) is 11.5 Å². The minimum Gasteiger partial charge on any atom is -0.477 e. The summed E-state index contributed by atoms with van der Waals surface area (Å²) in [6.07, 6.45) is 0.276. The van der Waals surface area contributed by atoms with Gasteiger partial charge in [-0.2, -0.15) is 0 Å². The van der Waals surface area contributed by atoms with Crippen LogP contribution in [0.3, 0.4) is 0 Å². The van der Waals surface area contributed by atoms with E-state index in [2.05, 4.69) is 0 Å². The second-order valence-electron chi connectivity index (χ2n) is 13.6. The number of carboxylic acid groups (broad SMARTS) is 2. The minimum atomic E-state index is -1.35. The third-order valence-corrected chi connectivity index (χ3v) is 13.6. The molecule has 288 valence electrons. The molecule has 2 fully saturated rings. The van der Waals surface area contributed by atoms with E-state index >= 15 is 4.39 Å². The fraction of sp³-hybridized carbons (Fsp3) is 0.389. The number of hydrogen-bond donors (Lipinski definition) is 2. The molecule has 19 heteroatoms. The van der Waals surface area contributed by atoms with Crippen molar-refractivity contribution in [1.82, 2.24) is 14.4 Å². The van der Waals surface area contributed by atoms with Crippen molar-refractivity contribution in [3.8, 4) is 0 Å². The monoisotopic (exact) mass is 812 g/mol. The van der Waals surface area contributed by atoms with Gasteiger partial charge in [0, 0.05) is 55.0 Å². The zero-order valence-corrected chi connectivity index (χ0v) is 31.6. The lowest BCUT2D eigenvalue weighted by atomic mass is 9.89. The molecule has 15 nitrogen and oxygen atoms in total. The quantitative estimate of drug-likeness (QED) is 0.184. The van der Waals surface area contributed by atoms with E-state index in [-0.39, 0.29) is 83.4 Å². The van der Waals surface area contributed by atoms with Crippen molar-refractivity contribution in [3.63, 3.8) is 0 Å². The highest BCUT2D eigenvalue weighted by atomic mass is 32.2. The fourth-order valence-electron chi connectivity index (χ4n) is 7.50. The zero-order valence-electron chi connectivity index (χ0n) is 29.2. The third kappa shape index (κ3) is 6.81. The Morgan fingerprint density at radius 3 is 2.47 bits per heavy atom. The molecule has 4 aromatic rings. The number of Topliss-reactive ketones (excluding diaryl/α,β-unsaturated/α-hetero) is 1. The van der Waals surface area contributed by atoms with Crippen molar-refractivity contribution in [2.45, 2.75) is 48.7 Å². The first-order chi connectivity index (χ1) is 26.4. The number of amides is 1. The van der Waals surface area contributed by atoms with Crippen molar-refractivity contribution in [2.75, 3.05) is 43.4 Å². The molecule has 2 N–H and O–H groups in total. The van der Waals surface area contributed by atoms with Gasteiger partial charge in [-0.25, -0.2) is 18.8 Å². The lowest BCUT2D eigenvalue weighted by Crippen LogP contribution is -2.62. The van der Waals surface area contributed by atoms with E-state index < -0.39 is 46.2 Å². The number of pyridine rings is 1. The number of anilines is 1. The van der Waals surface area contributed by atoms with Gasteiger partial charge in [0.2, 0.25) is 11.3 Å². The van der Waals surface area contributed by atoms with Gasteiger partial charge in [0.1, 0.15) is 29.5 Å². The highest BCUT2D eigenvalue weighted by molar-refractivity contribution is 8.00. The molecule has 1 aromatic carbocycles. The van der Waals surface area contributed by atoms with Crippen LogP contribution in [0.5, 0.6) is 0 Å². The molecule has 8 rings (SSSR count). The number of halogens is 1. The van der Waals surface area contributed by atoms with Crippen LogP contribution in [0.15, 0.2) is 64.4 Å². The summed E-state index contributed by atoms with van der Waals surface area (Å²) in [5, 5.41) is 21.3. The maximum atomic E-state index is 15.5. The first kappa shape index (κ1) is 37.2. The number of β-lactam (4-membered cyclic amide) rings is 1. The summed E-state index contributed by atoms with van der Waals surface area (Å²) in [5.41, 5.74) is -0.0974. The Morgan fingerprint density at radius 2 is 1.78 bits per heavy atom. The molecule has 0 saturated carbocycles. The van der Waals surface area contributed by atoms with Crippen LogP contribution < -0.4 is 16.2 Å². The lowest BCUT2D eigenvalue weighted by Gasteiger charge is -2.49. The van der Waals surface area contributed by atoms with E-state index in [1.807, 2.05) is 34.2 Å². The Hall–Kier alpha value is -4.69. The van der Waals surface area contributed by atoms with Crippen LogP contribution in [-0.2, 0) is 38.7 Å². The maximum absolute atomic E-state index is 15.5. The Bertz CT molecular complexity index is 2400. The van der Waals surface area contributed by atoms with Gasteiger partial charge >= 0.3 is 17.8 Å². The highest BCUT2D eigenvalue weighted by Gasteiger charge is 2.53. The van der Waals surface area contributed by atoms with E-state index in [0.717, 1.165) is 10.9 Å². The second-order valence-corrected chi connectivity index (χ2v) is 17.0. The fourth-order valence-corrected chi connectivity index (χ4v) is 10.8. The number of benzene rings is 1. The van der Waals surface area contributed by atoms with Crippen LogP contribution in [0.25, 0.3) is 10.9 Å². The van der Waals surface area contributed by atoms with E-state index in [4.69, 9.17) is 13.6 Å². The Kier molecular flexibility index (Phi) is 9.99. The van der Waals surface area contributed by atoms with Crippen LogP contribution in [0, 0.1) is 11.7 Å². The molecular weight excluding hydrogens is 780 g/mol. The van der Waals surface area contributed by atoms with E-state index in [0.29, 0.717) is 42.3 Å². The average Bonchev–Trinajstić information content (AvgIpc) is 3.78. The number of piperazine rings is 1. The van der Waals surface area contributed by atoms with Crippen molar-refractivity contribution in [1.29, 1.82) is 0 Å². The van der Waals surface area contributed by atoms with Crippen LogP contribution >= 0.6 is 34.9 Å². The number of carbonyl (C=O) groups is 4. The van der Waals surface area contributed by atoms with Gasteiger partial charge in [0.25, 0.3) is 0 Å². The minimum absolute atomic E-state index is 0.0104. The maximum Gasteiger partial charge on any atom is 0.519 e. The molecule has 3 aromatic heterocycles. The van der Waals surface area contributed by atoms with Gasteiger partial charge < -0.3 is 33.3 Å². The number of carboxylic acids is 2. The molecule has 0 bridgehead atoms. The molecule has 1 unspecified atom stereocenters. The molecule has 7 heterocycles. The SMILES string of the molecule is CC1Sc2c(C(=O)O)c(=O)c3cc(F)c(N4CCN(Cc5oc(=O)oc5COCC5=C(C(=O)O)N6C(=O)[C@@H](CC(=O)Cc7cccs7)[C@H]6SC5)CC4)cc3n21. The average molecular weight is 813 g/mol. The molecule has 55 heavy (non-hydrogen) atoms. The molecule has 0 radical (unpaired) electrons. The number of ether oxygens (including phenoxy) is 1. The number of hydrogen-bond acceptors (Lipinski definition) is 14. The van der Waals surface area contributed by atoms with E-state index in [9.17, 15) is 39.0 Å². The predicted octanol–water partition coefficient (Wildman–Crippen LogP) is 3.98. The summed E-state index contributed by atoms with van der Waals surface area (Å²) < 4.78 is 33.6. The number of aromatic nitrogens is 1. The molecule has 1 amide bonds. The topological polar surface area (TPSA) is 193 Å². The Labute approximate surface area is 323 Å². The van der Waals surface area contributed by atoms with E-state index in [1.165, 1.54) is 39.8 Å². The van der Waals surface area contributed by atoms with Gasteiger partial charge in [-0.1, -0.05) is 17.8 Å². The predicted molar refractivity (Wildman–Crippen MR) is 199 cm³/mol. The Morgan fingerprint density at radius 1 is 1.02 bits per heavy atom. The molecule has 4 aliphatic rings. The summed E-state index contributed by atoms with van der Waals surface area (Å²) in [7, 11) is 0. The summed E-state index contributed by atoms with van der Waals surface area (Å²) in [5.74, 6) is -4.63. The van der Waals surface area contributed by atoms with Crippen LogP contribution in [-0.4, -0.2) is 92.1 Å². The number of thioether (sulfide) groups is 2. The molecule has 2 saturated heterocycles. The smallest absolute Gasteiger partial charge is 0.477 e. The van der Waals surface area contributed by atoms with Gasteiger partial charge in [-0.3, -0.25) is 24.2 Å². The summed E-state index contributed by atoms with van der Waals surface area (Å²) in [4.78, 5) is 80.9. The number of thiophene rings is 1. The van der Waals surface area contributed by atoms with Crippen molar-refractivity contribution >= 4 is 75.1 Å². The Balaban J connectivity index is 0.888. The summed E-state index contributed by atoms with van der Waals surface area (Å²) in [6, 6.07) is 6.42. The normalized spacial score (nSPS) is 21.0. The van der Waals surface area contributed by atoms with Gasteiger partial charge in [-0.05, 0) is 36.1 Å². The number of fused-ring (bicyclic) bond motifs is 4. The largest absolute Gasteiger partial charge is 0.519 e. The van der Waals surface area contributed by atoms with Crippen LogP contribution in [0.2, 0.25) is 0 Å². The van der Waals surface area contributed by atoms with Crippen LogP contribution in [0.4, 0.5) is 10.1 Å². The van der Waals surface area contributed by atoms with Crippen LogP contribution in [0.1, 0.15) is 45.5 Å². The number of aromatic carboxylic acids is 1. The lowest BCUT2D eigenvalue weighted by molar-refractivity contribution is -0.154. The van der Waals surface area contributed by atoms with Crippen molar-refractivity contribution < 1.29 is 47.4 Å². The highest BCUT2D eigenvalue weighted by Crippen LogP contribution is 2.47. The molecular formula is C36H33FN4O11S3. The standard InChI is InChI=1S/C36H33FN4O11S3/c1-17-40-24-12-25(23(37)11-21(24)30(43)28(34(45)46)33(40)55-17)39-6-4-38(5-7-39)13-26-27(52-36(49)51-26)15-50-14-18-16-54-32-22(31(44)41(32)29(18)35(47)48)10-19(42)9-20-3-2-8-53-20/h2-3,8,11-12,17,22,32H,4-7,9-10,13-16H2,1H3,(H,45,46)(H,47,48)/t17?,22-,32-/m1/s1. The first-order valence-corrected chi connectivity index (χ1v) is 20.1. The summed E-state index contributed by atoms with van der Waals surface area (Å²) >= 11 is 4.12.